The van der Waals surface area contributed by atoms with Crippen LogP contribution in [-0.4, -0.2) is 34.8 Å². The van der Waals surface area contributed by atoms with E-state index in [9.17, 15) is 9.59 Å². The van der Waals surface area contributed by atoms with Gasteiger partial charge in [-0.3, -0.25) is 9.59 Å². The number of nitrogens with zero attached hydrogens (tertiary/aromatic N) is 2. The lowest BCUT2D eigenvalue weighted by atomic mass is 10.2. The molecule has 8 heteroatoms. The fourth-order valence-electron chi connectivity index (χ4n) is 2.08. The lowest BCUT2D eigenvalue weighted by Crippen LogP contribution is -2.38. The van der Waals surface area contributed by atoms with E-state index in [2.05, 4.69) is 10.3 Å². The van der Waals surface area contributed by atoms with Crippen molar-refractivity contribution in [2.75, 3.05) is 18.4 Å². The van der Waals surface area contributed by atoms with E-state index >= 15 is 0 Å². The Hall–Kier alpha value is -1.63. The van der Waals surface area contributed by atoms with E-state index in [1.165, 1.54) is 22.3 Å². The molecule has 0 aliphatic heterocycles. The first-order valence-corrected chi connectivity index (χ1v) is 8.94. The number of amides is 2. The van der Waals surface area contributed by atoms with E-state index in [0.717, 1.165) is 11.3 Å². The van der Waals surface area contributed by atoms with E-state index in [1.807, 2.05) is 13.8 Å². The van der Waals surface area contributed by atoms with E-state index in [-0.39, 0.29) is 18.4 Å². The highest BCUT2D eigenvalue weighted by molar-refractivity contribution is 7.15. The zero-order valence-electron chi connectivity index (χ0n) is 13.3. The van der Waals surface area contributed by atoms with Gasteiger partial charge in [-0.05, 0) is 31.5 Å². The molecule has 128 valence electrons. The second-order valence-corrected chi connectivity index (χ2v) is 7.23. The molecule has 0 radical (unpaired) electrons. The average Bonchev–Trinajstić information content (AvgIpc) is 2.93. The Labute approximate surface area is 154 Å². The van der Waals surface area contributed by atoms with E-state index in [1.54, 1.807) is 18.3 Å². The van der Waals surface area contributed by atoms with E-state index in [4.69, 9.17) is 23.2 Å². The van der Waals surface area contributed by atoms with Gasteiger partial charge in [0, 0.05) is 23.2 Å². The van der Waals surface area contributed by atoms with Crippen molar-refractivity contribution in [3.8, 4) is 0 Å². The zero-order chi connectivity index (χ0) is 17.7. The summed E-state index contributed by atoms with van der Waals surface area (Å²) in [6.07, 6.45) is 2.42. The quantitative estimate of drug-likeness (QED) is 0.808. The molecule has 1 heterocycles. The van der Waals surface area contributed by atoms with Crippen LogP contribution in [0.4, 0.5) is 5.13 Å². The van der Waals surface area contributed by atoms with Crippen LogP contribution in [0.5, 0.6) is 0 Å². The van der Waals surface area contributed by atoms with Crippen LogP contribution >= 0.6 is 34.5 Å². The van der Waals surface area contributed by atoms with Crippen molar-refractivity contribution in [3.63, 3.8) is 0 Å². The van der Waals surface area contributed by atoms with Crippen LogP contribution in [0, 0.1) is 6.92 Å². The molecule has 1 aromatic heterocycles. The molecule has 2 aromatic rings. The highest BCUT2D eigenvalue weighted by atomic mass is 35.5. The van der Waals surface area contributed by atoms with Gasteiger partial charge in [0.15, 0.2) is 5.13 Å². The molecule has 2 rings (SSSR count). The Balaban J connectivity index is 2.08. The Kier molecular flexibility index (Phi) is 6.60. The molecule has 2 amide bonds. The van der Waals surface area contributed by atoms with Crippen LogP contribution in [0.25, 0.3) is 0 Å². The van der Waals surface area contributed by atoms with Crippen molar-refractivity contribution in [2.45, 2.75) is 20.3 Å². The van der Waals surface area contributed by atoms with Gasteiger partial charge in [-0.1, -0.05) is 30.1 Å². The van der Waals surface area contributed by atoms with Crippen LogP contribution in [-0.2, 0) is 4.79 Å². The molecule has 0 atom stereocenters. The Morgan fingerprint density at radius 3 is 2.62 bits per heavy atom. The minimum atomic E-state index is -0.286. The summed E-state index contributed by atoms with van der Waals surface area (Å²) in [6.45, 7) is 4.26. The number of thiazole rings is 1. The van der Waals surface area contributed by atoms with Gasteiger partial charge in [0.1, 0.15) is 6.54 Å². The monoisotopic (exact) mass is 385 g/mol. The van der Waals surface area contributed by atoms with E-state index < -0.39 is 0 Å². The Morgan fingerprint density at radius 2 is 2.04 bits per heavy atom. The lowest BCUT2D eigenvalue weighted by Gasteiger charge is -2.21. The molecule has 0 bridgehead atoms. The van der Waals surface area contributed by atoms with Gasteiger partial charge in [-0.2, -0.15) is 0 Å². The first kappa shape index (κ1) is 18.7. The lowest BCUT2D eigenvalue weighted by molar-refractivity contribution is -0.116. The molecule has 0 fully saturated rings. The van der Waals surface area contributed by atoms with Gasteiger partial charge < -0.3 is 10.2 Å². The Morgan fingerprint density at radius 1 is 1.29 bits per heavy atom. The first-order chi connectivity index (χ1) is 11.4. The summed E-state index contributed by atoms with van der Waals surface area (Å²) in [5.41, 5.74) is 0.399. The highest BCUT2D eigenvalue weighted by Gasteiger charge is 2.19. The third kappa shape index (κ3) is 4.93. The molecular weight excluding hydrogens is 369 g/mol. The maximum absolute atomic E-state index is 12.6. The van der Waals surface area contributed by atoms with Gasteiger partial charge >= 0.3 is 0 Å². The number of rotatable bonds is 6. The fourth-order valence-corrected chi connectivity index (χ4v) is 3.06. The third-order valence-corrected chi connectivity index (χ3v) is 4.72. The van der Waals surface area contributed by atoms with Crippen molar-refractivity contribution in [2.24, 2.45) is 0 Å². The fraction of sp³-hybridized carbons (Fsp3) is 0.312. The summed E-state index contributed by atoms with van der Waals surface area (Å²) in [5.74, 6) is -0.549. The molecule has 1 N–H and O–H groups in total. The van der Waals surface area contributed by atoms with Crippen LogP contribution in [0.2, 0.25) is 10.0 Å². The number of carbonyl (C=O) groups excluding carboxylic acids is 2. The molecule has 0 saturated heterocycles. The average molecular weight is 386 g/mol. The number of anilines is 1. The van der Waals surface area contributed by atoms with Crippen molar-refractivity contribution in [1.29, 1.82) is 0 Å². The number of aromatic nitrogens is 1. The van der Waals surface area contributed by atoms with E-state index in [0.29, 0.717) is 27.3 Å². The van der Waals surface area contributed by atoms with Crippen molar-refractivity contribution in [3.05, 3.63) is 44.9 Å². The number of halogens is 2. The summed E-state index contributed by atoms with van der Waals surface area (Å²) in [7, 11) is 0. The topological polar surface area (TPSA) is 62.3 Å². The van der Waals surface area contributed by atoms with Gasteiger partial charge in [-0.25, -0.2) is 4.98 Å². The molecule has 0 unspecified atom stereocenters. The minimum Gasteiger partial charge on any atom is -0.329 e. The third-order valence-electron chi connectivity index (χ3n) is 3.15. The minimum absolute atomic E-state index is 0.0501. The molecular formula is C16H17Cl2N3O2S. The molecule has 24 heavy (non-hydrogen) atoms. The zero-order valence-corrected chi connectivity index (χ0v) is 15.6. The summed E-state index contributed by atoms with van der Waals surface area (Å²) in [6, 6.07) is 4.68. The number of nitrogens with one attached hydrogen (secondary N) is 1. The number of hydrogen-bond acceptors (Lipinski definition) is 4. The number of benzene rings is 1. The molecule has 0 saturated carbocycles. The normalized spacial score (nSPS) is 10.5. The van der Waals surface area contributed by atoms with Crippen LogP contribution in [0.15, 0.2) is 24.4 Å². The summed E-state index contributed by atoms with van der Waals surface area (Å²) in [4.78, 5) is 31.4. The number of hydrogen-bond donors (Lipinski definition) is 1. The van der Waals surface area contributed by atoms with Crippen LogP contribution < -0.4 is 5.32 Å². The van der Waals surface area contributed by atoms with Gasteiger partial charge in [0.25, 0.3) is 5.91 Å². The first-order valence-electron chi connectivity index (χ1n) is 7.37. The second-order valence-electron chi connectivity index (χ2n) is 5.18. The molecule has 5 nitrogen and oxygen atoms in total. The highest BCUT2D eigenvalue weighted by Crippen LogP contribution is 2.23. The number of carbonyl (C=O) groups is 2. The molecule has 1 aromatic carbocycles. The second kappa shape index (κ2) is 8.46. The molecule has 0 aliphatic carbocycles. The summed E-state index contributed by atoms with van der Waals surface area (Å²) < 4.78 is 0. The number of aryl methyl sites for hydroxylation is 1. The predicted molar refractivity (Wildman–Crippen MR) is 98.1 cm³/mol. The SMILES string of the molecule is CCCN(CC(=O)Nc1ncc(C)s1)C(=O)c1ccc(Cl)c(Cl)c1. The largest absolute Gasteiger partial charge is 0.329 e. The van der Waals surface area contributed by atoms with Crippen LogP contribution in [0.1, 0.15) is 28.6 Å². The predicted octanol–water partition coefficient (Wildman–Crippen LogP) is 4.25. The molecule has 0 aliphatic rings. The van der Waals surface area contributed by atoms with Gasteiger partial charge in [0.2, 0.25) is 5.91 Å². The van der Waals surface area contributed by atoms with Gasteiger partial charge in [-0.15, -0.1) is 11.3 Å². The van der Waals surface area contributed by atoms with Crippen molar-refractivity contribution < 1.29 is 9.59 Å². The maximum atomic E-state index is 12.6. The maximum Gasteiger partial charge on any atom is 0.254 e. The summed E-state index contributed by atoms with van der Waals surface area (Å²) >= 11 is 13.2. The van der Waals surface area contributed by atoms with Crippen molar-refractivity contribution in [1.82, 2.24) is 9.88 Å². The van der Waals surface area contributed by atoms with Crippen molar-refractivity contribution >= 4 is 51.5 Å². The standard InChI is InChI=1S/C16H17Cl2N3O2S/c1-3-6-21(9-14(22)20-16-19-8-10(2)24-16)15(23)11-4-5-12(17)13(18)7-11/h4-5,7-8H,3,6,9H2,1-2H3,(H,19,20,22). The molecule has 0 spiro atoms. The summed E-state index contributed by atoms with van der Waals surface area (Å²) in [5, 5.41) is 3.92. The Bertz CT molecular complexity index is 749. The van der Waals surface area contributed by atoms with Gasteiger partial charge in [0.05, 0.1) is 10.0 Å². The smallest absolute Gasteiger partial charge is 0.254 e. The van der Waals surface area contributed by atoms with Crippen LogP contribution in [0.3, 0.4) is 0 Å².